The molecule has 88 valence electrons. The average molecular weight is 219 g/mol. The van der Waals surface area contributed by atoms with E-state index >= 15 is 0 Å². The molecule has 3 nitrogen and oxygen atoms in total. The molecule has 0 saturated heterocycles. The van der Waals surface area contributed by atoms with Crippen LogP contribution in [0.2, 0.25) is 0 Å². The van der Waals surface area contributed by atoms with Crippen molar-refractivity contribution in [1.29, 1.82) is 0 Å². The molecule has 0 unspecified atom stereocenters. The van der Waals surface area contributed by atoms with Crippen LogP contribution in [0.25, 0.3) is 0 Å². The highest BCUT2D eigenvalue weighted by Gasteiger charge is 2.25. The normalized spacial score (nSPS) is 23.8. The number of nitrogens with zero attached hydrogens (tertiary/aromatic N) is 1. The lowest BCUT2D eigenvalue weighted by molar-refractivity contribution is 0.373. The maximum absolute atomic E-state index is 5.78. The summed E-state index contributed by atoms with van der Waals surface area (Å²) in [5, 5.41) is 3.52. The fourth-order valence-electron chi connectivity index (χ4n) is 2.20. The van der Waals surface area contributed by atoms with Gasteiger partial charge in [-0.3, -0.25) is 0 Å². The zero-order valence-electron chi connectivity index (χ0n) is 10.3. The standard InChI is InChI=1S/C13H21N3/c1-9-4-5-11(8-13(9)16(2)3)15-12-6-10(14)7-12/h4-5,8,10,12,15H,6-7,14H2,1-3H3. The zero-order chi connectivity index (χ0) is 11.7. The molecule has 0 amide bonds. The summed E-state index contributed by atoms with van der Waals surface area (Å²) in [4.78, 5) is 2.15. The highest BCUT2D eigenvalue weighted by Crippen LogP contribution is 2.26. The van der Waals surface area contributed by atoms with Crippen molar-refractivity contribution in [2.24, 2.45) is 5.73 Å². The molecular formula is C13H21N3. The van der Waals surface area contributed by atoms with Crippen LogP contribution in [0.5, 0.6) is 0 Å². The summed E-state index contributed by atoms with van der Waals surface area (Å²) in [5.74, 6) is 0. The fraction of sp³-hybridized carbons (Fsp3) is 0.538. The smallest absolute Gasteiger partial charge is 0.0411 e. The van der Waals surface area contributed by atoms with Crippen molar-refractivity contribution in [1.82, 2.24) is 0 Å². The van der Waals surface area contributed by atoms with E-state index in [4.69, 9.17) is 5.73 Å². The van der Waals surface area contributed by atoms with Crippen molar-refractivity contribution in [2.45, 2.75) is 31.8 Å². The minimum Gasteiger partial charge on any atom is -0.382 e. The Morgan fingerprint density at radius 3 is 2.56 bits per heavy atom. The fourth-order valence-corrected chi connectivity index (χ4v) is 2.20. The molecule has 0 aliphatic heterocycles. The van der Waals surface area contributed by atoms with Crippen LogP contribution in [0.3, 0.4) is 0 Å². The number of rotatable bonds is 3. The van der Waals surface area contributed by atoms with E-state index in [1.165, 1.54) is 16.9 Å². The van der Waals surface area contributed by atoms with Gasteiger partial charge in [-0.15, -0.1) is 0 Å². The van der Waals surface area contributed by atoms with Crippen molar-refractivity contribution in [3.63, 3.8) is 0 Å². The molecule has 1 aliphatic rings. The van der Waals surface area contributed by atoms with Crippen LogP contribution in [0.1, 0.15) is 18.4 Å². The number of benzene rings is 1. The third-order valence-corrected chi connectivity index (χ3v) is 3.24. The minimum atomic E-state index is 0.399. The quantitative estimate of drug-likeness (QED) is 0.816. The Bertz CT molecular complexity index is 367. The number of nitrogens with two attached hydrogens (primary N) is 1. The van der Waals surface area contributed by atoms with Gasteiger partial charge in [0.1, 0.15) is 0 Å². The molecule has 1 saturated carbocycles. The third-order valence-electron chi connectivity index (χ3n) is 3.24. The van der Waals surface area contributed by atoms with Crippen LogP contribution in [0, 0.1) is 6.92 Å². The second kappa shape index (κ2) is 4.34. The van der Waals surface area contributed by atoms with Crippen molar-refractivity contribution >= 4 is 11.4 Å². The highest BCUT2D eigenvalue weighted by molar-refractivity contribution is 5.62. The first-order valence-electron chi connectivity index (χ1n) is 5.86. The molecule has 1 aromatic carbocycles. The van der Waals surface area contributed by atoms with E-state index in [0.717, 1.165) is 12.8 Å². The lowest BCUT2D eigenvalue weighted by atomic mass is 9.87. The number of hydrogen-bond acceptors (Lipinski definition) is 3. The number of anilines is 2. The van der Waals surface area contributed by atoms with Gasteiger partial charge in [0.2, 0.25) is 0 Å². The van der Waals surface area contributed by atoms with Gasteiger partial charge >= 0.3 is 0 Å². The summed E-state index contributed by atoms with van der Waals surface area (Å²) in [6, 6.07) is 7.48. The van der Waals surface area contributed by atoms with Crippen LogP contribution in [0.4, 0.5) is 11.4 Å². The highest BCUT2D eigenvalue weighted by atomic mass is 15.1. The molecule has 0 spiro atoms. The Balaban J connectivity index is 2.07. The largest absolute Gasteiger partial charge is 0.382 e. The summed E-state index contributed by atoms with van der Waals surface area (Å²) in [6.07, 6.45) is 2.18. The molecule has 16 heavy (non-hydrogen) atoms. The predicted octanol–water partition coefficient (Wildman–Crippen LogP) is 1.96. The van der Waals surface area contributed by atoms with Gasteiger partial charge in [0.25, 0.3) is 0 Å². The van der Waals surface area contributed by atoms with Crippen LogP contribution in [-0.2, 0) is 0 Å². The molecular weight excluding hydrogens is 198 g/mol. The minimum absolute atomic E-state index is 0.399. The van der Waals surface area contributed by atoms with E-state index in [9.17, 15) is 0 Å². The Morgan fingerprint density at radius 2 is 2.00 bits per heavy atom. The molecule has 3 heteroatoms. The molecule has 3 N–H and O–H groups in total. The van der Waals surface area contributed by atoms with Crippen LogP contribution >= 0.6 is 0 Å². The lowest BCUT2D eigenvalue weighted by Gasteiger charge is -2.34. The summed E-state index contributed by atoms with van der Waals surface area (Å²) in [5.41, 5.74) is 9.55. The first-order chi connectivity index (χ1) is 7.56. The van der Waals surface area contributed by atoms with E-state index < -0.39 is 0 Å². The molecule has 0 heterocycles. The molecule has 0 bridgehead atoms. The molecule has 2 rings (SSSR count). The van der Waals surface area contributed by atoms with Gasteiger partial charge in [0.05, 0.1) is 0 Å². The Kier molecular flexibility index (Phi) is 3.06. The van der Waals surface area contributed by atoms with Crippen molar-refractivity contribution in [3.05, 3.63) is 23.8 Å². The van der Waals surface area contributed by atoms with E-state index in [1.807, 2.05) is 0 Å². The van der Waals surface area contributed by atoms with Gasteiger partial charge in [-0.2, -0.15) is 0 Å². The molecule has 1 fully saturated rings. The van der Waals surface area contributed by atoms with E-state index in [0.29, 0.717) is 12.1 Å². The lowest BCUT2D eigenvalue weighted by Crippen LogP contribution is -2.44. The maximum atomic E-state index is 5.78. The van der Waals surface area contributed by atoms with E-state index in [2.05, 4.69) is 49.4 Å². The number of nitrogens with one attached hydrogen (secondary N) is 1. The Morgan fingerprint density at radius 1 is 1.31 bits per heavy atom. The van der Waals surface area contributed by atoms with Gasteiger partial charge in [0.15, 0.2) is 0 Å². The second-order valence-corrected chi connectivity index (χ2v) is 4.97. The molecule has 1 aliphatic carbocycles. The first kappa shape index (κ1) is 11.3. The molecule has 0 aromatic heterocycles. The SMILES string of the molecule is Cc1ccc(NC2CC(N)C2)cc1N(C)C. The van der Waals surface area contributed by atoms with Crippen LogP contribution < -0.4 is 16.0 Å². The summed E-state index contributed by atoms with van der Waals surface area (Å²) >= 11 is 0. The average Bonchev–Trinajstić information content (AvgIpc) is 2.18. The maximum Gasteiger partial charge on any atom is 0.0411 e. The van der Waals surface area contributed by atoms with Crippen molar-refractivity contribution in [2.75, 3.05) is 24.3 Å². The molecule has 1 aromatic rings. The van der Waals surface area contributed by atoms with Crippen LogP contribution in [-0.4, -0.2) is 26.2 Å². The van der Waals surface area contributed by atoms with Gasteiger partial charge in [-0.05, 0) is 37.5 Å². The van der Waals surface area contributed by atoms with Crippen molar-refractivity contribution in [3.8, 4) is 0 Å². The third kappa shape index (κ3) is 2.30. The first-order valence-corrected chi connectivity index (χ1v) is 5.86. The summed E-state index contributed by atoms with van der Waals surface area (Å²) in [7, 11) is 4.15. The summed E-state index contributed by atoms with van der Waals surface area (Å²) < 4.78 is 0. The Labute approximate surface area is 97.6 Å². The number of aryl methyl sites for hydroxylation is 1. The van der Waals surface area contributed by atoms with E-state index in [-0.39, 0.29) is 0 Å². The number of hydrogen-bond donors (Lipinski definition) is 2. The molecule has 0 atom stereocenters. The zero-order valence-corrected chi connectivity index (χ0v) is 10.3. The van der Waals surface area contributed by atoms with Crippen LogP contribution in [0.15, 0.2) is 18.2 Å². The monoisotopic (exact) mass is 219 g/mol. The van der Waals surface area contributed by atoms with Gasteiger partial charge < -0.3 is 16.0 Å². The van der Waals surface area contributed by atoms with Gasteiger partial charge in [-0.25, -0.2) is 0 Å². The van der Waals surface area contributed by atoms with Gasteiger partial charge in [0, 0.05) is 37.6 Å². The topological polar surface area (TPSA) is 41.3 Å². The van der Waals surface area contributed by atoms with Gasteiger partial charge in [-0.1, -0.05) is 6.07 Å². The Hall–Kier alpha value is -1.22. The van der Waals surface area contributed by atoms with E-state index in [1.54, 1.807) is 0 Å². The second-order valence-electron chi connectivity index (χ2n) is 4.97. The van der Waals surface area contributed by atoms with Crippen molar-refractivity contribution < 1.29 is 0 Å². The molecule has 0 radical (unpaired) electrons. The predicted molar refractivity (Wildman–Crippen MR) is 70.1 cm³/mol. The summed E-state index contributed by atoms with van der Waals surface area (Å²) in [6.45, 7) is 2.14.